The predicted molar refractivity (Wildman–Crippen MR) is 39.0 cm³/mol. The van der Waals surface area contributed by atoms with Gasteiger partial charge in [0.15, 0.2) is 0 Å². The summed E-state index contributed by atoms with van der Waals surface area (Å²) in [6.45, 7) is 0.389. The molecule has 4 heteroatoms. The second-order valence-electron chi connectivity index (χ2n) is 2.54. The van der Waals surface area contributed by atoms with Crippen LogP contribution in [-0.4, -0.2) is 27.8 Å². The summed E-state index contributed by atoms with van der Waals surface area (Å²) in [5.41, 5.74) is 0. The molecule has 0 aliphatic heterocycles. The lowest BCUT2D eigenvalue weighted by atomic mass is 10.4. The molecule has 1 aliphatic rings. The summed E-state index contributed by atoms with van der Waals surface area (Å²) in [7, 11) is -0.839. The van der Waals surface area contributed by atoms with Gasteiger partial charge >= 0.3 is 0 Å². The van der Waals surface area contributed by atoms with Crippen molar-refractivity contribution < 1.29 is 9.00 Å². The SMILES string of the molecule is CS(=O)C1(CN=C=O)CC1. The molecule has 1 fully saturated rings. The zero-order valence-electron chi connectivity index (χ0n) is 5.79. The fourth-order valence-electron chi connectivity index (χ4n) is 0.852. The van der Waals surface area contributed by atoms with E-state index in [1.165, 1.54) is 6.08 Å². The maximum absolute atomic E-state index is 11.0. The average Bonchev–Trinajstić information content (AvgIpc) is 2.64. The smallest absolute Gasteiger partial charge is 0.234 e. The normalized spacial score (nSPS) is 22.9. The van der Waals surface area contributed by atoms with E-state index in [9.17, 15) is 9.00 Å². The van der Waals surface area contributed by atoms with Gasteiger partial charge in [0.1, 0.15) is 0 Å². The van der Waals surface area contributed by atoms with Crippen LogP contribution in [0.15, 0.2) is 4.99 Å². The molecule has 56 valence electrons. The molecule has 0 N–H and O–H groups in total. The van der Waals surface area contributed by atoms with Crippen LogP contribution in [0.2, 0.25) is 0 Å². The van der Waals surface area contributed by atoms with Gasteiger partial charge in [0.2, 0.25) is 6.08 Å². The molecule has 1 saturated carbocycles. The molecule has 3 nitrogen and oxygen atoms in total. The maximum atomic E-state index is 11.0. The Morgan fingerprint density at radius 1 is 1.70 bits per heavy atom. The van der Waals surface area contributed by atoms with E-state index >= 15 is 0 Å². The molecule has 1 rings (SSSR count). The van der Waals surface area contributed by atoms with E-state index in [0.29, 0.717) is 6.54 Å². The highest BCUT2D eigenvalue weighted by Gasteiger charge is 2.46. The number of aliphatic imine (C=N–C) groups is 1. The second-order valence-corrected chi connectivity index (χ2v) is 4.32. The number of hydrogen-bond acceptors (Lipinski definition) is 3. The van der Waals surface area contributed by atoms with Gasteiger partial charge in [-0.05, 0) is 12.8 Å². The van der Waals surface area contributed by atoms with Crippen molar-refractivity contribution in [3.8, 4) is 0 Å². The highest BCUT2D eigenvalue weighted by atomic mass is 32.2. The topological polar surface area (TPSA) is 46.5 Å². The van der Waals surface area contributed by atoms with Crippen molar-refractivity contribution in [2.45, 2.75) is 17.6 Å². The lowest BCUT2D eigenvalue weighted by Gasteiger charge is -2.04. The van der Waals surface area contributed by atoms with Crippen LogP contribution in [0.4, 0.5) is 0 Å². The van der Waals surface area contributed by atoms with Crippen molar-refractivity contribution in [2.75, 3.05) is 12.8 Å². The molecule has 0 aromatic heterocycles. The van der Waals surface area contributed by atoms with Crippen LogP contribution in [0.25, 0.3) is 0 Å². The number of isocyanates is 1. The fraction of sp³-hybridized carbons (Fsp3) is 0.833. The summed E-state index contributed by atoms with van der Waals surface area (Å²) in [4.78, 5) is 13.1. The molecular weight excluding hydrogens is 150 g/mol. The van der Waals surface area contributed by atoms with Crippen LogP contribution < -0.4 is 0 Å². The molecular formula is C6H9NO2S. The Labute approximate surface area is 62.0 Å². The Hall–Kier alpha value is -0.470. The Morgan fingerprint density at radius 3 is 2.60 bits per heavy atom. The molecule has 0 aromatic rings. The molecule has 10 heavy (non-hydrogen) atoms. The van der Waals surface area contributed by atoms with Gasteiger partial charge in [0, 0.05) is 17.1 Å². The van der Waals surface area contributed by atoms with Gasteiger partial charge in [-0.3, -0.25) is 4.21 Å². The van der Waals surface area contributed by atoms with Crippen LogP contribution >= 0.6 is 0 Å². The van der Waals surface area contributed by atoms with Crippen molar-refractivity contribution in [2.24, 2.45) is 4.99 Å². The van der Waals surface area contributed by atoms with Gasteiger partial charge in [-0.2, -0.15) is 0 Å². The van der Waals surface area contributed by atoms with Crippen LogP contribution in [0.3, 0.4) is 0 Å². The van der Waals surface area contributed by atoms with Gasteiger partial charge in [0.05, 0.1) is 11.3 Å². The summed E-state index contributed by atoms with van der Waals surface area (Å²) in [6.07, 6.45) is 4.98. The molecule has 0 spiro atoms. The van der Waals surface area contributed by atoms with Crippen molar-refractivity contribution in [3.05, 3.63) is 0 Å². The Balaban J connectivity index is 2.53. The molecule has 0 amide bonds. The van der Waals surface area contributed by atoms with Crippen molar-refractivity contribution in [1.82, 2.24) is 0 Å². The van der Waals surface area contributed by atoms with Gasteiger partial charge < -0.3 is 0 Å². The van der Waals surface area contributed by atoms with E-state index in [2.05, 4.69) is 4.99 Å². The number of nitrogens with zero attached hydrogens (tertiary/aromatic N) is 1. The van der Waals surface area contributed by atoms with E-state index in [1.807, 2.05) is 0 Å². The zero-order valence-corrected chi connectivity index (χ0v) is 6.61. The minimum atomic E-state index is -0.839. The first-order valence-electron chi connectivity index (χ1n) is 3.08. The van der Waals surface area contributed by atoms with Crippen LogP contribution in [0.5, 0.6) is 0 Å². The molecule has 0 aromatic carbocycles. The highest BCUT2D eigenvalue weighted by molar-refractivity contribution is 7.86. The third-order valence-corrected chi connectivity index (χ3v) is 3.61. The molecule has 1 atom stereocenters. The Bertz CT molecular complexity index is 204. The van der Waals surface area contributed by atoms with Crippen molar-refractivity contribution >= 4 is 16.9 Å². The van der Waals surface area contributed by atoms with E-state index < -0.39 is 10.8 Å². The number of hydrogen-bond donors (Lipinski definition) is 0. The van der Waals surface area contributed by atoms with Crippen LogP contribution in [-0.2, 0) is 15.6 Å². The molecule has 0 heterocycles. The molecule has 0 bridgehead atoms. The highest BCUT2D eigenvalue weighted by Crippen LogP contribution is 2.41. The van der Waals surface area contributed by atoms with Gasteiger partial charge in [-0.15, -0.1) is 0 Å². The number of rotatable bonds is 3. The maximum Gasteiger partial charge on any atom is 0.234 e. The van der Waals surface area contributed by atoms with Gasteiger partial charge in [0.25, 0.3) is 0 Å². The summed E-state index contributed by atoms with van der Waals surface area (Å²) in [5.74, 6) is 0. The summed E-state index contributed by atoms with van der Waals surface area (Å²) in [5, 5.41) is 0. The van der Waals surface area contributed by atoms with E-state index in [1.54, 1.807) is 6.26 Å². The quantitative estimate of drug-likeness (QED) is 0.437. The first kappa shape index (κ1) is 7.63. The lowest BCUT2D eigenvalue weighted by Crippen LogP contribution is -2.18. The summed E-state index contributed by atoms with van der Waals surface area (Å²) in [6, 6.07) is 0. The predicted octanol–water partition coefficient (Wildman–Crippen LogP) is 0.233. The second kappa shape index (κ2) is 2.64. The van der Waals surface area contributed by atoms with Crippen molar-refractivity contribution in [3.63, 3.8) is 0 Å². The Morgan fingerprint density at radius 2 is 2.30 bits per heavy atom. The van der Waals surface area contributed by atoms with Gasteiger partial charge in [-0.1, -0.05) is 0 Å². The molecule has 1 unspecified atom stereocenters. The first-order chi connectivity index (χ1) is 4.71. The third kappa shape index (κ3) is 1.33. The van der Waals surface area contributed by atoms with Gasteiger partial charge in [-0.25, -0.2) is 9.79 Å². The van der Waals surface area contributed by atoms with Crippen LogP contribution in [0, 0.1) is 0 Å². The Kier molecular flexibility index (Phi) is 2.02. The zero-order chi connectivity index (χ0) is 7.61. The molecule has 0 saturated heterocycles. The molecule has 1 aliphatic carbocycles. The monoisotopic (exact) mass is 159 g/mol. The van der Waals surface area contributed by atoms with E-state index in [4.69, 9.17) is 0 Å². The minimum absolute atomic E-state index is 0.155. The van der Waals surface area contributed by atoms with E-state index in [-0.39, 0.29) is 4.75 Å². The van der Waals surface area contributed by atoms with Crippen LogP contribution in [0.1, 0.15) is 12.8 Å². The van der Waals surface area contributed by atoms with Crippen molar-refractivity contribution in [1.29, 1.82) is 0 Å². The molecule has 0 radical (unpaired) electrons. The first-order valence-corrected chi connectivity index (χ1v) is 4.64. The average molecular weight is 159 g/mol. The fourth-order valence-corrected chi connectivity index (χ4v) is 1.78. The lowest BCUT2D eigenvalue weighted by molar-refractivity contribution is 0.562. The summed E-state index contributed by atoms with van der Waals surface area (Å²) < 4.78 is 10.8. The minimum Gasteiger partial charge on any atom is -0.259 e. The third-order valence-electron chi connectivity index (χ3n) is 1.85. The van der Waals surface area contributed by atoms with E-state index in [0.717, 1.165) is 12.8 Å². The standard InChI is InChI=1S/C6H9NO2S/c1-10(9)6(2-3-6)4-7-5-8/h2-4H2,1H3. The summed E-state index contributed by atoms with van der Waals surface area (Å²) >= 11 is 0. The number of carbonyl (C=O) groups excluding carboxylic acids is 1. The largest absolute Gasteiger partial charge is 0.259 e.